The molecule has 4 nitrogen and oxygen atoms in total. The van der Waals surface area contributed by atoms with Gasteiger partial charge in [0.1, 0.15) is 23.0 Å². The Kier molecular flexibility index (Phi) is 4.49. The molecule has 1 spiro atoms. The summed E-state index contributed by atoms with van der Waals surface area (Å²) in [6.45, 7) is 1.98. The number of halogens is 1. The van der Waals surface area contributed by atoms with Crippen molar-refractivity contribution >= 4 is 21.6 Å². The first-order valence-corrected chi connectivity index (χ1v) is 11.9. The highest BCUT2D eigenvalue weighted by atomic mass is 79.9. The van der Waals surface area contributed by atoms with E-state index in [0.29, 0.717) is 5.92 Å². The molecule has 3 heterocycles. The second-order valence-electron chi connectivity index (χ2n) is 8.94. The zero-order chi connectivity index (χ0) is 21.0. The van der Waals surface area contributed by atoms with Crippen LogP contribution in [0, 0.1) is 6.92 Å². The Bertz CT molecular complexity index is 1150. The Hall–Kier alpha value is -2.53. The largest absolute Gasteiger partial charge is 0.466 e. The molecule has 0 N–H and O–H groups in total. The van der Waals surface area contributed by atoms with E-state index in [1.54, 1.807) is 0 Å². The van der Waals surface area contributed by atoms with Gasteiger partial charge in [0.2, 0.25) is 0 Å². The fourth-order valence-corrected chi connectivity index (χ4v) is 5.83. The highest BCUT2D eigenvalue weighted by Gasteiger charge is 2.52. The van der Waals surface area contributed by atoms with Gasteiger partial charge < -0.3 is 9.15 Å². The van der Waals surface area contributed by atoms with Gasteiger partial charge in [-0.2, -0.15) is 5.10 Å². The first-order valence-electron chi connectivity index (χ1n) is 11.1. The second-order valence-corrected chi connectivity index (χ2v) is 9.85. The van der Waals surface area contributed by atoms with Gasteiger partial charge >= 0.3 is 0 Å². The topological polar surface area (TPSA) is 38.0 Å². The van der Waals surface area contributed by atoms with E-state index in [9.17, 15) is 0 Å². The van der Waals surface area contributed by atoms with Crippen molar-refractivity contribution in [1.29, 1.82) is 0 Å². The van der Waals surface area contributed by atoms with Crippen molar-refractivity contribution in [3.63, 3.8) is 0 Å². The number of fused-ring (bicyclic) bond motifs is 4. The highest BCUT2D eigenvalue weighted by Crippen LogP contribution is 2.53. The molecule has 3 aromatic rings. The summed E-state index contributed by atoms with van der Waals surface area (Å²) in [5.41, 5.74) is 3.26. The van der Waals surface area contributed by atoms with Crippen molar-refractivity contribution < 1.29 is 9.15 Å². The Balaban J connectivity index is 1.36. The van der Waals surface area contributed by atoms with Crippen LogP contribution in [-0.4, -0.2) is 16.4 Å². The van der Waals surface area contributed by atoms with Crippen LogP contribution in [0.2, 0.25) is 0 Å². The van der Waals surface area contributed by atoms with Gasteiger partial charge in [0.25, 0.3) is 0 Å². The molecule has 0 radical (unpaired) electrons. The molecule has 1 aromatic heterocycles. The van der Waals surface area contributed by atoms with E-state index >= 15 is 0 Å². The summed E-state index contributed by atoms with van der Waals surface area (Å²) in [6.07, 6.45) is 4.97. The molecule has 1 atom stereocenters. The van der Waals surface area contributed by atoms with Crippen LogP contribution in [0.25, 0.3) is 0 Å². The van der Waals surface area contributed by atoms with Crippen molar-refractivity contribution in [2.75, 3.05) is 0 Å². The van der Waals surface area contributed by atoms with Crippen molar-refractivity contribution in [1.82, 2.24) is 5.01 Å². The third-order valence-corrected chi connectivity index (χ3v) is 7.51. The van der Waals surface area contributed by atoms with Crippen molar-refractivity contribution in [2.45, 2.75) is 56.7 Å². The van der Waals surface area contributed by atoms with Crippen LogP contribution in [0.4, 0.5) is 0 Å². The van der Waals surface area contributed by atoms with E-state index < -0.39 is 0 Å². The molecule has 1 unspecified atom stereocenters. The molecule has 2 aromatic carbocycles. The Morgan fingerprint density at radius 1 is 1.03 bits per heavy atom. The van der Waals surface area contributed by atoms with Gasteiger partial charge in [-0.1, -0.05) is 46.3 Å². The van der Waals surface area contributed by atoms with E-state index in [4.69, 9.17) is 14.3 Å². The van der Waals surface area contributed by atoms with Gasteiger partial charge in [0.15, 0.2) is 5.72 Å². The fraction of sp³-hybridized carbons (Fsp3) is 0.346. The van der Waals surface area contributed by atoms with Gasteiger partial charge in [-0.25, -0.2) is 5.01 Å². The predicted molar refractivity (Wildman–Crippen MR) is 124 cm³/mol. The van der Waals surface area contributed by atoms with Crippen LogP contribution >= 0.6 is 15.9 Å². The molecule has 0 saturated heterocycles. The summed E-state index contributed by atoms with van der Waals surface area (Å²) in [5.74, 6) is 3.37. The molecule has 0 bridgehead atoms. The maximum atomic E-state index is 6.77. The summed E-state index contributed by atoms with van der Waals surface area (Å²) in [5, 5.41) is 7.37. The second kappa shape index (κ2) is 7.27. The quantitative estimate of drug-likeness (QED) is 0.401. The highest BCUT2D eigenvalue weighted by molar-refractivity contribution is 9.10. The lowest BCUT2D eigenvalue weighted by Crippen LogP contribution is -2.55. The number of benzene rings is 2. The lowest BCUT2D eigenvalue weighted by Gasteiger charge is -2.50. The van der Waals surface area contributed by atoms with Crippen LogP contribution in [0.5, 0.6) is 5.75 Å². The van der Waals surface area contributed by atoms with Crippen molar-refractivity contribution in [2.24, 2.45) is 5.10 Å². The van der Waals surface area contributed by atoms with Crippen LogP contribution in [0.15, 0.2) is 74.7 Å². The molecular formula is C26H25BrN2O2. The van der Waals surface area contributed by atoms with E-state index in [1.807, 2.05) is 19.1 Å². The number of aryl methyl sites for hydroxylation is 1. The van der Waals surface area contributed by atoms with Crippen molar-refractivity contribution in [3.05, 3.63) is 87.8 Å². The zero-order valence-corrected chi connectivity index (χ0v) is 19.1. The molecule has 1 aliphatic carbocycles. The Labute approximate surface area is 191 Å². The van der Waals surface area contributed by atoms with Crippen molar-refractivity contribution in [3.8, 4) is 5.75 Å². The summed E-state index contributed by atoms with van der Waals surface area (Å²) >= 11 is 3.64. The zero-order valence-electron chi connectivity index (χ0n) is 17.6. The molecule has 3 aliphatic rings. The third kappa shape index (κ3) is 3.21. The number of furan rings is 1. The minimum absolute atomic E-state index is 0.176. The predicted octanol–water partition coefficient (Wildman–Crippen LogP) is 6.95. The molecular weight excluding hydrogens is 452 g/mol. The number of rotatable bonds is 2. The number of hydrogen-bond acceptors (Lipinski definition) is 4. The van der Waals surface area contributed by atoms with Crippen LogP contribution < -0.4 is 4.74 Å². The summed E-state index contributed by atoms with van der Waals surface area (Å²) in [4.78, 5) is 0. The van der Waals surface area contributed by atoms with E-state index in [0.717, 1.165) is 59.6 Å². The molecule has 158 valence electrons. The van der Waals surface area contributed by atoms with E-state index in [2.05, 4.69) is 69.5 Å². The molecule has 31 heavy (non-hydrogen) atoms. The van der Waals surface area contributed by atoms with E-state index in [-0.39, 0.29) is 11.8 Å². The van der Waals surface area contributed by atoms with Gasteiger partial charge in [-0.3, -0.25) is 0 Å². The lowest BCUT2D eigenvalue weighted by atomic mass is 9.78. The fourth-order valence-electron chi connectivity index (χ4n) is 5.45. The smallest absolute Gasteiger partial charge is 0.198 e. The minimum Gasteiger partial charge on any atom is -0.466 e. The van der Waals surface area contributed by atoms with Gasteiger partial charge in [-0.05, 0) is 61.6 Å². The first kappa shape index (κ1) is 19.2. The van der Waals surface area contributed by atoms with Crippen LogP contribution in [0.3, 0.4) is 0 Å². The average Bonchev–Trinajstić information content (AvgIpc) is 3.43. The molecule has 1 saturated carbocycles. The van der Waals surface area contributed by atoms with Crippen LogP contribution in [0.1, 0.15) is 66.7 Å². The summed E-state index contributed by atoms with van der Waals surface area (Å²) in [7, 11) is 0. The minimum atomic E-state index is -0.389. The van der Waals surface area contributed by atoms with Gasteiger partial charge in [0, 0.05) is 29.3 Å². The third-order valence-electron chi connectivity index (χ3n) is 7.02. The van der Waals surface area contributed by atoms with E-state index in [1.165, 1.54) is 11.1 Å². The maximum absolute atomic E-state index is 6.77. The standard InChI is InChI=1S/C26H25BrN2O2/c1-17-7-9-25(30-17)22-16-23-21-15-20(27)8-10-24(21)31-26(29(23)28-22)13-11-19(12-14-26)18-5-3-2-4-6-18/h2-10,15,19,23H,11-14,16H2,1H3. The summed E-state index contributed by atoms with van der Waals surface area (Å²) in [6, 6.07) is 21.5. The number of hydrogen-bond donors (Lipinski definition) is 0. The Morgan fingerprint density at radius 3 is 2.58 bits per heavy atom. The lowest BCUT2D eigenvalue weighted by molar-refractivity contribution is -0.142. The molecule has 1 fully saturated rings. The van der Waals surface area contributed by atoms with Crippen LogP contribution in [-0.2, 0) is 0 Å². The number of hydrazone groups is 1. The number of nitrogens with zero attached hydrogens (tertiary/aromatic N) is 2. The van der Waals surface area contributed by atoms with Gasteiger partial charge in [-0.15, -0.1) is 0 Å². The SMILES string of the molecule is Cc1ccc(C2=NN3C(C2)c2cc(Br)ccc2OC32CCC(c3ccccc3)CC2)o1. The monoisotopic (exact) mass is 476 g/mol. The summed E-state index contributed by atoms with van der Waals surface area (Å²) < 4.78 is 13.8. The van der Waals surface area contributed by atoms with Gasteiger partial charge in [0.05, 0.1) is 6.04 Å². The maximum Gasteiger partial charge on any atom is 0.198 e. The Morgan fingerprint density at radius 2 is 1.84 bits per heavy atom. The molecule has 2 aliphatic heterocycles. The number of ether oxygens (including phenoxy) is 1. The molecule has 0 amide bonds. The molecule has 5 heteroatoms. The average molecular weight is 477 g/mol. The molecule has 6 rings (SSSR count). The first-order chi connectivity index (χ1) is 15.1. The normalized spacial score (nSPS) is 26.9.